The molecule has 2 aliphatic carbocycles. The molecule has 0 nitrogen and oxygen atoms in total. The third kappa shape index (κ3) is 5.14. The predicted octanol–water partition coefficient (Wildman–Crippen LogP) is 2.89. The van der Waals surface area contributed by atoms with Crippen molar-refractivity contribution in [1.29, 1.82) is 0 Å². The average molecular weight is 615 g/mol. The molecular formula is C35H32Cl2Zr. The molecule has 3 heteroatoms. The molecule has 2 aliphatic rings. The number of benzene rings is 4. The summed E-state index contributed by atoms with van der Waals surface area (Å²) in [6, 6.07) is 36.9. The number of allylic oxidation sites excluding steroid dienone is 4. The van der Waals surface area contributed by atoms with Crippen molar-refractivity contribution in [1.82, 2.24) is 0 Å². The molecule has 38 heavy (non-hydrogen) atoms. The van der Waals surface area contributed by atoms with Gasteiger partial charge in [0.15, 0.2) is 0 Å². The third-order valence-electron chi connectivity index (χ3n) is 7.74. The second kappa shape index (κ2) is 12.3. The van der Waals surface area contributed by atoms with E-state index < -0.39 is 21.3 Å². The van der Waals surface area contributed by atoms with E-state index in [4.69, 9.17) is 0 Å². The molecular weight excluding hydrogens is 583 g/mol. The van der Waals surface area contributed by atoms with E-state index in [1.54, 1.807) is 23.2 Å². The normalized spacial score (nSPS) is 13.2. The van der Waals surface area contributed by atoms with Gasteiger partial charge in [0.1, 0.15) is 0 Å². The zero-order valence-electron chi connectivity index (χ0n) is 22.1. The van der Waals surface area contributed by atoms with Crippen LogP contribution in [-0.4, -0.2) is 3.21 Å². The van der Waals surface area contributed by atoms with E-state index in [-0.39, 0.29) is 24.8 Å². The number of halogens is 2. The smallest absolute Gasteiger partial charge is 1.00 e. The van der Waals surface area contributed by atoms with Gasteiger partial charge in [-0.2, -0.15) is 0 Å². The molecule has 0 atom stereocenters. The first-order valence-corrected chi connectivity index (χ1v) is 17.0. The molecule has 4 aromatic rings. The van der Waals surface area contributed by atoms with Crippen molar-refractivity contribution in [2.45, 2.75) is 37.2 Å². The largest absolute Gasteiger partial charge is 1.00 e. The Morgan fingerprint density at radius 1 is 0.711 bits per heavy atom. The zero-order chi connectivity index (χ0) is 24.6. The van der Waals surface area contributed by atoms with Gasteiger partial charge in [0.2, 0.25) is 0 Å². The zero-order valence-corrected chi connectivity index (χ0v) is 26.1. The molecule has 0 aromatic heterocycles. The summed E-state index contributed by atoms with van der Waals surface area (Å²) in [5, 5.41) is 0. The summed E-state index contributed by atoms with van der Waals surface area (Å²) >= 11 is -2.60. The van der Waals surface area contributed by atoms with Crippen molar-refractivity contribution in [2.75, 3.05) is 0 Å². The summed E-state index contributed by atoms with van der Waals surface area (Å²) in [7, 11) is 0. The van der Waals surface area contributed by atoms with Crippen LogP contribution in [0.1, 0.15) is 56.8 Å². The van der Waals surface area contributed by atoms with Crippen LogP contribution >= 0.6 is 0 Å². The Balaban J connectivity index is 0.00000168. The number of hydrogen-bond acceptors (Lipinski definition) is 0. The van der Waals surface area contributed by atoms with Gasteiger partial charge in [-0.15, -0.1) is 0 Å². The molecule has 0 N–H and O–H groups in total. The number of hydrogen-bond donors (Lipinski definition) is 0. The fourth-order valence-corrected chi connectivity index (χ4v) is 15.8. The van der Waals surface area contributed by atoms with Gasteiger partial charge in [0.05, 0.1) is 0 Å². The van der Waals surface area contributed by atoms with E-state index in [1.807, 2.05) is 0 Å². The van der Waals surface area contributed by atoms with Crippen LogP contribution in [0.15, 0.2) is 118 Å². The van der Waals surface area contributed by atoms with E-state index in [0.29, 0.717) is 3.63 Å². The van der Waals surface area contributed by atoms with Gasteiger partial charge in [-0.25, -0.2) is 0 Å². The van der Waals surface area contributed by atoms with Gasteiger partial charge in [-0.1, -0.05) is 0 Å². The van der Waals surface area contributed by atoms with Crippen molar-refractivity contribution < 1.29 is 46.1 Å². The first-order valence-electron chi connectivity index (χ1n) is 13.1. The molecule has 0 unspecified atom stereocenters. The van der Waals surface area contributed by atoms with Crippen LogP contribution in [0.3, 0.4) is 0 Å². The second-order valence-electron chi connectivity index (χ2n) is 10.1. The Bertz CT molecular complexity index is 1450. The minimum atomic E-state index is -2.60. The third-order valence-corrected chi connectivity index (χ3v) is 16.3. The quantitative estimate of drug-likeness (QED) is 0.325. The molecule has 0 aliphatic heterocycles. The maximum Gasteiger partial charge on any atom is -1.00 e. The van der Waals surface area contributed by atoms with Crippen LogP contribution in [0.2, 0.25) is 0 Å². The number of fused-ring (bicyclic) bond motifs is 3. The van der Waals surface area contributed by atoms with Crippen molar-refractivity contribution >= 4 is 3.21 Å². The Hall–Kier alpha value is -2.31. The molecule has 0 saturated heterocycles. The van der Waals surface area contributed by atoms with Crippen LogP contribution in [0.5, 0.6) is 0 Å². The van der Waals surface area contributed by atoms with Crippen molar-refractivity contribution in [2.24, 2.45) is 0 Å². The SMILES string of the molecule is CCC1=[C]([Zr+2](=[C](c2ccccc2)c2ccccc2)[CH]2c3cc(C)ccc3-c3ccc(C)cc32)CC=C1.[Cl-].[Cl-]. The minimum absolute atomic E-state index is 0. The van der Waals surface area contributed by atoms with E-state index in [9.17, 15) is 0 Å². The first-order chi connectivity index (χ1) is 17.7. The fourth-order valence-electron chi connectivity index (χ4n) is 6.13. The topological polar surface area (TPSA) is 0 Å². The molecule has 0 fully saturated rings. The van der Waals surface area contributed by atoms with Gasteiger partial charge in [0, 0.05) is 0 Å². The summed E-state index contributed by atoms with van der Waals surface area (Å²) in [6.45, 7) is 6.84. The van der Waals surface area contributed by atoms with Gasteiger partial charge < -0.3 is 24.8 Å². The van der Waals surface area contributed by atoms with Crippen LogP contribution in [0.4, 0.5) is 0 Å². The molecule has 6 rings (SSSR count). The van der Waals surface area contributed by atoms with Crippen LogP contribution in [0.25, 0.3) is 11.1 Å². The van der Waals surface area contributed by atoms with E-state index in [0.717, 1.165) is 12.8 Å². The molecule has 0 spiro atoms. The van der Waals surface area contributed by atoms with E-state index in [1.165, 1.54) is 33.4 Å². The van der Waals surface area contributed by atoms with E-state index >= 15 is 0 Å². The molecule has 0 saturated carbocycles. The van der Waals surface area contributed by atoms with Gasteiger partial charge >= 0.3 is 224 Å². The Morgan fingerprint density at radius 3 is 1.68 bits per heavy atom. The second-order valence-corrected chi connectivity index (χ2v) is 16.3. The van der Waals surface area contributed by atoms with Crippen molar-refractivity contribution in [3.8, 4) is 11.1 Å². The molecule has 0 bridgehead atoms. The Labute approximate surface area is 247 Å². The van der Waals surface area contributed by atoms with Crippen molar-refractivity contribution in [3.05, 3.63) is 151 Å². The van der Waals surface area contributed by atoms with Crippen molar-refractivity contribution in [3.63, 3.8) is 0 Å². The van der Waals surface area contributed by atoms with Crippen LogP contribution in [-0.2, 0) is 21.3 Å². The molecule has 190 valence electrons. The van der Waals surface area contributed by atoms with Crippen LogP contribution in [0, 0.1) is 13.8 Å². The standard InChI is InChI=1S/C15H13.C13H10.C7H9.2ClH.Zr/c1-10-3-5-14-12(7-10)9-13-8-11(2)4-6-15(13)14;1-3-7-12(8-4-1)11-13-9-5-2-6-10-13;1-2-7-5-3-4-6-7;;;/h3-9H,1-2H3;1-10H;3,5H,2,4H2,1H3;2*1H;/q;;;;;+2/p-2. The summed E-state index contributed by atoms with van der Waals surface area (Å²) in [6.07, 6.45) is 7.07. The monoisotopic (exact) mass is 612 g/mol. The molecule has 0 amide bonds. The Kier molecular flexibility index (Phi) is 9.25. The Morgan fingerprint density at radius 2 is 1.21 bits per heavy atom. The van der Waals surface area contributed by atoms with Gasteiger partial charge in [0.25, 0.3) is 0 Å². The summed E-state index contributed by atoms with van der Waals surface area (Å²) in [4.78, 5) is 0. The predicted molar refractivity (Wildman–Crippen MR) is 150 cm³/mol. The number of aryl methyl sites for hydroxylation is 2. The first kappa shape index (κ1) is 28.7. The van der Waals surface area contributed by atoms with E-state index in [2.05, 4.69) is 130 Å². The molecule has 4 aromatic carbocycles. The summed E-state index contributed by atoms with van der Waals surface area (Å²) in [5.74, 6) is 0. The maximum atomic E-state index is 2.50. The van der Waals surface area contributed by atoms with Crippen LogP contribution < -0.4 is 24.8 Å². The van der Waals surface area contributed by atoms with Gasteiger partial charge in [-0.3, -0.25) is 0 Å². The maximum absolute atomic E-state index is 2.60. The summed E-state index contributed by atoms with van der Waals surface area (Å²) in [5.41, 5.74) is 13.1. The average Bonchev–Trinajstić information content (AvgIpc) is 3.50. The number of rotatable bonds is 5. The minimum Gasteiger partial charge on any atom is -1.00 e. The summed E-state index contributed by atoms with van der Waals surface area (Å²) < 4.78 is 3.88. The van der Waals surface area contributed by atoms with Gasteiger partial charge in [-0.05, 0) is 0 Å². The molecule has 0 radical (unpaired) electrons. The molecule has 0 heterocycles. The fraction of sp³-hybridized carbons (Fsp3) is 0.171.